The summed E-state index contributed by atoms with van der Waals surface area (Å²) in [7, 11) is 1.29. The molecule has 1 rings (SSSR count). The van der Waals surface area contributed by atoms with Gasteiger partial charge >= 0.3 is 6.36 Å². The summed E-state index contributed by atoms with van der Waals surface area (Å²) >= 11 is 0. The van der Waals surface area contributed by atoms with E-state index < -0.39 is 12.2 Å². The number of nitrogens with two attached hydrogens (primary N) is 1. The van der Waals surface area contributed by atoms with Crippen LogP contribution in [0.5, 0.6) is 11.8 Å². The summed E-state index contributed by atoms with van der Waals surface area (Å²) in [6.45, 7) is 0.0765. The Bertz CT molecular complexity index is 319. The van der Waals surface area contributed by atoms with Crippen molar-refractivity contribution in [3.63, 3.8) is 0 Å². The second-order valence-electron chi connectivity index (χ2n) is 2.61. The van der Waals surface area contributed by atoms with Gasteiger partial charge in [-0.25, -0.2) is 0 Å². The van der Waals surface area contributed by atoms with Crippen LogP contribution in [0.25, 0.3) is 0 Å². The van der Waals surface area contributed by atoms with Crippen LogP contribution in [0.1, 0.15) is 5.56 Å². The van der Waals surface area contributed by atoms with E-state index in [2.05, 4.69) is 9.72 Å². The molecular weight excluding hydrogens is 213 g/mol. The number of halogens is 3. The third-order valence-corrected chi connectivity index (χ3v) is 1.50. The summed E-state index contributed by atoms with van der Waals surface area (Å²) in [6.07, 6.45) is -4.77. The Morgan fingerprint density at radius 2 is 1.93 bits per heavy atom. The number of pyridine rings is 1. The van der Waals surface area contributed by atoms with Gasteiger partial charge in [0.25, 0.3) is 0 Å². The molecule has 0 aliphatic rings. The molecule has 2 N–H and O–H groups in total. The summed E-state index contributed by atoms with van der Waals surface area (Å²) in [4.78, 5) is 3.47. The largest absolute Gasteiger partial charge is 0.574 e. The predicted octanol–water partition coefficient (Wildman–Crippen LogP) is 1.45. The van der Waals surface area contributed by atoms with Crippen LogP contribution < -0.4 is 15.2 Å². The predicted molar refractivity (Wildman–Crippen MR) is 45.4 cm³/mol. The Morgan fingerprint density at radius 1 is 1.33 bits per heavy atom. The van der Waals surface area contributed by atoms with Crippen molar-refractivity contribution in [1.29, 1.82) is 0 Å². The van der Waals surface area contributed by atoms with E-state index in [9.17, 15) is 13.2 Å². The normalized spacial score (nSPS) is 11.3. The first-order valence-corrected chi connectivity index (χ1v) is 3.95. The van der Waals surface area contributed by atoms with Crippen LogP contribution in [-0.2, 0) is 6.54 Å². The SMILES string of the molecule is COc1cc(CN)cc(OC(F)(F)F)n1. The molecule has 0 aliphatic heterocycles. The highest BCUT2D eigenvalue weighted by Crippen LogP contribution is 2.24. The van der Waals surface area contributed by atoms with Crippen molar-refractivity contribution in [2.45, 2.75) is 12.9 Å². The zero-order chi connectivity index (χ0) is 11.5. The van der Waals surface area contributed by atoms with Crippen LogP contribution in [0.2, 0.25) is 0 Å². The number of methoxy groups -OCH3 is 1. The lowest BCUT2D eigenvalue weighted by Gasteiger charge is -2.10. The topological polar surface area (TPSA) is 57.4 Å². The fraction of sp³-hybridized carbons (Fsp3) is 0.375. The zero-order valence-corrected chi connectivity index (χ0v) is 7.84. The van der Waals surface area contributed by atoms with Gasteiger partial charge in [0.05, 0.1) is 7.11 Å². The smallest absolute Gasteiger partial charge is 0.481 e. The maximum Gasteiger partial charge on any atom is 0.574 e. The van der Waals surface area contributed by atoms with Gasteiger partial charge in [-0.2, -0.15) is 4.98 Å². The average molecular weight is 222 g/mol. The van der Waals surface area contributed by atoms with Crippen molar-refractivity contribution in [3.8, 4) is 11.8 Å². The Hall–Kier alpha value is -1.50. The van der Waals surface area contributed by atoms with Gasteiger partial charge in [-0.15, -0.1) is 13.2 Å². The van der Waals surface area contributed by atoms with Crippen LogP contribution in [0.4, 0.5) is 13.2 Å². The van der Waals surface area contributed by atoms with Gasteiger partial charge < -0.3 is 15.2 Å². The third kappa shape index (κ3) is 3.62. The molecule has 84 valence electrons. The molecule has 7 heteroatoms. The molecular formula is C8H9F3N2O2. The fourth-order valence-corrected chi connectivity index (χ4v) is 0.925. The molecule has 0 amide bonds. The molecule has 0 spiro atoms. The summed E-state index contributed by atoms with van der Waals surface area (Å²) in [5, 5.41) is 0. The molecule has 15 heavy (non-hydrogen) atoms. The molecule has 1 aromatic rings. The highest BCUT2D eigenvalue weighted by molar-refractivity contribution is 5.28. The molecule has 1 heterocycles. The van der Waals surface area contributed by atoms with Gasteiger partial charge in [-0.1, -0.05) is 0 Å². The summed E-state index contributed by atoms with van der Waals surface area (Å²) in [6, 6.07) is 2.54. The molecule has 0 saturated heterocycles. The zero-order valence-electron chi connectivity index (χ0n) is 7.84. The van der Waals surface area contributed by atoms with Crippen LogP contribution in [0, 0.1) is 0 Å². The minimum atomic E-state index is -4.77. The van der Waals surface area contributed by atoms with Crippen LogP contribution >= 0.6 is 0 Å². The minimum absolute atomic E-state index is 0.0252. The molecule has 0 fully saturated rings. The van der Waals surface area contributed by atoms with Crippen LogP contribution in [0.3, 0.4) is 0 Å². The molecule has 0 aromatic carbocycles. The Kier molecular flexibility index (Phi) is 3.35. The Morgan fingerprint density at radius 3 is 2.40 bits per heavy atom. The van der Waals surface area contributed by atoms with Crippen molar-refractivity contribution >= 4 is 0 Å². The third-order valence-electron chi connectivity index (χ3n) is 1.50. The second-order valence-corrected chi connectivity index (χ2v) is 2.61. The number of hydrogen-bond donors (Lipinski definition) is 1. The van der Waals surface area contributed by atoms with Gasteiger partial charge in [0.15, 0.2) is 0 Å². The van der Waals surface area contributed by atoms with E-state index in [4.69, 9.17) is 10.5 Å². The maximum atomic E-state index is 11.9. The lowest BCUT2D eigenvalue weighted by atomic mass is 10.2. The van der Waals surface area contributed by atoms with Gasteiger partial charge in [-0.05, 0) is 5.56 Å². The van der Waals surface area contributed by atoms with E-state index in [1.54, 1.807) is 0 Å². The lowest BCUT2D eigenvalue weighted by molar-refractivity contribution is -0.276. The van der Waals surface area contributed by atoms with Gasteiger partial charge in [0.1, 0.15) is 0 Å². The van der Waals surface area contributed by atoms with Crippen molar-refractivity contribution in [2.75, 3.05) is 7.11 Å². The summed E-state index contributed by atoms with van der Waals surface area (Å²) in [5.74, 6) is -0.556. The number of alkyl halides is 3. The number of rotatable bonds is 3. The maximum absolute atomic E-state index is 11.9. The van der Waals surface area contributed by atoms with Crippen LogP contribution in [0.15, 0.2) is 12.1 Å². The fourth-order valence-electron chi connectivity index (χ4n) is 0.925. The molecule has 4 nitrogen and oxygen atoms in total. The van der Waals surface area contributed by atoms with Crippen molar-refractivity contribution in [2.24, 2.45) is 5.73 Å². The van der Waals surface area contributed by atoms with E-state index in [1.165, 1.54) is 13.2 Å². The summed E-state index contributed by atoms with van der Waals surface area (Å²) < 4.78 is 44.0. The summed E-state index contributed by atoms with van der Waals surface area (Å²) in [5.41, 5.74) is 5.73. The molecule has 1 aromatic heterocycles. The lowest BCUT2D eigenvalue weighted by Crippen LogP contribution is -2.18. The van der Waals surface area contributed by atoms with E-state index in [0.717, 1.165) is 6.07 Å². The van der Waals surface area contributed by atoms with E-state index in [0.29, 0.717) is 5.56 Å². The number of ether oxygens (including phenoxy) is 2. The van der Waals surface area contributed by atoms with E-state index in [-0.39, 0.29) is 12.4 Å². The number of aromatic nitrogens is 1. The van der Waals surface area contributed by atoms with Gasteiger partial charge in [-0.3, -0.25) is 0 Å². The van der Waals surface area contributed by atoms with Gasteiger partial charge in [0, 0.05) is 18.7 Å². The quantitative estimate of drug-likeness (QED) is 0.840. The molecule has 0 saturated carbocycles. The minimum Gasteiger partial charge on any atom is -0.481 e. The molecule has 0 atom stereocenters. The monoisotopic (exact) mass is 222 g/mol. The molecule has 0 bridgehead atoms. The molecule has 0 radical (unpaired) electrons. The van der Waals surface area contributed by atoms with Crippen molar-refractivity contribution in [1.82, 2.24) is 4.98 Å². The second kappa shape index (κ2) is 4.35. The standard InChI is InChI=1S/C8H9F3N2O2/c1-14-6-2-5(4-12)3-7(13-6)15-8(9,10)11/h2-3H,4,12H2,1H3. The average Bonchev–Trinajstić information content (AvgIpc) is 2.14. The first-order valence-electron chi connectivity index (χ1n) is 3.95. The van der Waals surface area contributed by atoms with Crippen molar-refractivity contribution in [3.05, 3.63) is 17.7 Å². The van der Waals surface area contributed by atoms with Crippen LogP contribution in [-0.4, -0.2) is 18.5 Å². The van der Waals surface area contributed by atoms with E-state index >= 15 is 0 Å². The van der Waals surface area contributed by atoms with E-state index in [1.807, 2.05) is 0 Å². The first kappa shape index (κ1) is 11.6. The molecule has 0 unspecified atom stereocenters. The van der Waals surface area contributed by atoms with Gasteiger partial charge in [0.2, 0.25) is 11.8 Å². The Balaban J connectivity index is 2.97. The van der Waals surface area contributed by atoms with Crippen molar-refractivity contribution < 1.29 is 22.6 Å². The highest BCUT2D eigenvalue weighted by atomic mass is 19.4. The Labute approximate surface area is 83.8 Å². The highest BCUT2D eigenvalue weighted by Gasteiger charge is 2.32. The first-order chi connectivity index (χ1) is 6.94. The number of hydrogen-bond acceptors (Lipinski definition) is 4. The molecule has 0 aliphatic carbocycles. The number of nitrogens with zero attached hydrogens (tertiary/aromatic N) is 1.